The molecule has 0 fully saturated rings. The van der Waals surface area contributed by atoms with Crippen molar-refractivity contribution in [1.29, 1.82) is 0 Å². The molecule has 18 heavy (non-hydrogen) atoms. The first-order valence-electron chi connectivity index (χ1n) is 7.50. The molecule has 0 radical (unpaired) electrons. The Morgan fingerprint density at radius 1 is 1.06 bits per heavy atom. The molecule has 0 aliphatic rings. The van der Waals surface area contributed by atoms with Crippen LogP contribution in [0.1, 0.15) is 59.3 Å². The molecular formula is C15H32O2Si. The topological polar surface area (TPSA) is 26.3 Å². The minimum atomic E-state index is -1.28. The summed E-state index contributed by atoms with van der Waals surface area (Å²) in [6, 6.07) is 0. The van der Waals surface area contributed by atoms with E-state index in [1.807, 2.05) is 0 Å². The Labute approximate surface area is 115 Å². The van der Waals surface area contributed by atoms with Gasteiger partial charge in [0, 0.05) is 6.92 Å². The lowest BCUT2D eigenvalue weighted by atomic mass is 10.0. The highest BCUT2D eigenvalue weighted by Gasteiger charge is 2.34. The lowest BCUT2D eigenvalue weighted by Gasteiger charge is -2.35. The normalized spacial score (nSPS) is 15.2. The van der Waals surface area contributed by atoms with Gasteiger partial charge in [-0.2, -0.15) is 0 Å². The van der Waals surface area contributed by atoms with Gasteiger partial charge in [-0.3, -0.25) is 4.79 Å². The Morgan fingerprint density at radius 2 is 1.56 bits per heavy atom. The molecule has 0 aliphatic heterocycles. The maximum Gasteiger partial charge on any atom is 0.302 e. The minimum Gasteiger partial charge on any atom is -0.463 e. The van der Waals surface area contributed by atoms with E-state index in [4.69, 9.17) is 4.74 Å². The van der Waals surface area contributed by atoms with E-state index in [1.165, 1.54) is 25.7 Å². The van der Waals surface area contributed by atoms with Crippen LogP contribution in [0.15, 0.2) is 0 Å². The van der Waals surface area contributed by atoms with Crippen molar-refractivity contribution in [1.82, 2.24) is 0 Å². The van der Waals surface area contributed by atoms with Crippen molar-refractivity contribution in [3.63, 3.8) is 0 Å². The number of carbonyl (C=O) groups is 1. The first kappa shape index (κ1) is 17.7. The maximum atomic E-state index is 11.3. The van der Waals surface area contributed by atoms with Gasteiger partial charge in [-0.15, -0.1) is 0 Å². The van der Waals surface area contributed by atoms with Crippen LogP contribution in [0.3, 0.4) is 0 Å². The Hall–Kier alpha value is -0.313. The van der Waals surface area contributed by atoms with Crippen molar-refractivity contribution in [2.24, 2.45) is 0 Å². The van der Waals surface area contributed by atoms with Gasteiger partial charge in [0.25, 0.3) is 0 Å². The summed E-state index contributed by atoms with van der Waals surface area (Å²) in [6.45, 7) is 13.2. The van der Waals surface area contributed by atoms with Gasteiger partial charge in [0.1, 0.15) is 6.10 Å². The molecule has 0 rings (SSSR count). The van der Waals surface area contributed by atoms with Crippen LogP contribution in [0.2, 0.25) is 25.2 Å². The Kier molecular flexibility index (Phi) is 8.58. The van der Waals surface area contributed by atoms with E-state index in [0.29, 0.717) is 5.54 Å². The predicted molar refractivity (Wildman–Crippen MR) is 81.7 cm³/mol. The number of hydrogen-bond donors (Lipinski definition) is 0. The molecule has 0 aromatic heterocycles. The molecular weight excluding hydrogens is 240 g/mol. The molecule has 108 valence electrons. The molecule has 2 atom stereocenters. The number of esters is 1. The molecule has 0 N–H and O–H groups in total. The summed E-state index contributed by atoms with van der Waals surface area (Å²) in [6.07, 6.45) is 7.21. The van der Waals surface area contributed by atoms with E-state index in [9.17, 15) is 4.79 Å². The van der Waals surface area contributed by atoms with Crippen molar-refractivity contribution < 1.29 is 9.53 Å². The van der Waals surface area contributed by atoms with Crippen molar-refractivity contribution in [2.45, 2.75) is 90.6 Å². The van der Waals surface area contributed by atoms with Crippen molar-refractivity contribution in [2.75, 3.05) is 0 Å². The number of carbonyl (C=O) groups excluding carboxylic acids is 1. The minimum absolute atomic E-state index is 0.115. The highest BCUT2D eigenvalue weighted by atomic mass is 28.3. The standard InChI is InChI=1S/C15H32O2Si/c1-7-9-11-14(17-13(3)16)15(12-10-8-2)18(4,5)6/h14-15H,7-12H2,1-6H3/t14-,15-/m1/s1. The third-order valence-electron chi connectivity index (χ3n) is 3.59. The van der Waals surface area contributed by atoms with E-state index in [1.54, 1.807) is 6.92 Å². The monoisotopic (exact) mass is 272 g/mol. The van der Waals surface area contributed by atoms with Crippen LogP contribution in [0.4, 0.5) is 0 Å². The van der Waals surface area contributed by atoms with Gasteiger partial charge in [-0.1, -0.05) is 59.2 Å². The fourth-order valence-corrected chi connectivity index (χ4v) is 4.98. The molecule has 3 heteroatoms. The molecule has 0 unspecified atom stereocenters. The summed E-state index contributed by atoms with van der Waals surface area (Å²) in [5.41, 5.74) is 0.605. The third-order valence-corrected chi connectivity index (χ3v) is 6.47. The summed E-state index contributed by atoms with van der Waals surface area (Å²) >= 11 is 0. The molecule has 2 nitrogen and oxygen atoms in total. The highest BCUT2D eigenvalue weighted by Crippen LogP contribution is 2.35. The predicted octanol–water partition coefficient (Wildman–Crippen LogP) is 5.01. The summed E-state index contributed by atoms with van der Waals surface area (Å²) < 4.78 is 5.63. The second-order valence-corrected chi connectivity index (χ2v) is 11.9. The number of hydrogen-bond acceptors (Lipinski definition) is 2. The van der Waals surface area contributed by atoms with Crippen molar-refractivity contribution in [3.8, 4) is 0 Å². The van der Waals surface area contributed by atoms with Crippen molar-refractivity contribution in [3.05, 3.63) is 0 Å². The second kappa shape index (κ2) is 8.73. The van der Waals surface area contributed by atoms with E-state index in [-0.39, 0.29) is 12.1 Å². The van der Waals surface area contributed by atoms with Crippen LogP contribution in [-0.4, -0.2) is 20.1 Å². The average molecular weight is 273 g/mol. The van der Waals surface area contributed by atoms with Crippen LogP contribution < -0.4 is 0 Å². The van der Waals surface area contributed by atoms with Crippen LogP contribution in [0, 0.1) is 0 Å². The first-order valence-corrected chi connectivity index (χ1v) is 11.1. The fourth-order valence-electron chi connectivity index (χ4n) is 2.56. The van der Waals surface area contributed by atoms with Gasteiger partial charge in [-0.05, 0) is 18.4 Å². The summed E-state index contributed by atoms with van der Waals surface area (Å²) in [4.78, 5) is 11.3. The summed E-state index contributed by atoms with van der Waals surface area (Å²) in [5, 5.41) is 0. The number of unbranched alkanes of at least 4 members (excludes halogenated alkanes) is 2. The van der Waals surface area contributed by atoms with Crippen LogP contribution in [-0.2, 0) is 9.53 Å². The Balaban J connectivity index is 4.75. The lowest BCUT2D eigenvalue weighted by Crippen LogP contribution is -2.38. The molecule has 0 amide bonds. The molecule has 0 saturated carbocycles. The van der Waals surface area contributed by atoms with Crippen LogP contribution >= 0.6 is 0 Å². The number of ether oxygens (including phenoxy) is 1. The first-order chi connectivity index (χ1) is 8.32. The van der Waals surface area contributed by atoms with E-state index >= 15 is 0 Å². The van der Waals surface area contributed by atoms with E-state index in [2.05, 4.69) is 33.5 Å². The molecule has 0 saturated heterocycles. The van der Waals surface area contributed by atoms with E-state index in [0.717, 1.165) is 12.8 Å². The molecule has 0 aromatic carbocycles. The largest absolute Gasteiger partial charge is 0.463 e. The Morgan fingerprint density at radius 3 is 1.94 bits per heavy atom. The van der Waals surface area contributed by atoms with Gasteiger partial charge < -0.3 is 4.74 Å². The van der Waals surface area contributed by atoms with Gasteiger partial charge >= 0.3 is 5.97 Å². The molecule has 0 aromatic rings. The molecule has 0 spiro atoms. The van der Waals surface area contributed by atoms with Gasteiger partial charge in [0.05, 0.1) is 8.07 Å². The second-order valence-electron chi connectivity index (χ2n) is 6.40. The molecule has 0 heterocycles. The zero-order valence-electron chi connectivity index (χ0n) is 13.2. The van der Waals surface area contributed by atoms with Gasteiger partial charge in [-0.25, -0.2) is 0 Å². The SMILES string of the molecule is CCCC[C@H]([C@@H](CCCC)OC(C)=O)[Si](C)(C)C. The molecule has 0 bridgehead atoms. The maximum absolute atomic E-state index is 11.3. The van der Waals surface area contributed by atoms with Gasteiger partial charge in [0.2, 0.25) is 0 Å². The van der Waals surface area contributed by atoms with Crippen molar-refractivity contribution >= 4 is 14.0 Å². The quantitative estimate of drug-likeness (QED) is 0.436. The average Bonchev–Trinajstić information content (AvgIpc) is 2.23. The third kappa shape index (κ3) is 7.19. The highest BCUT2D eigenvalue weighted by molar-refractivity contribution is 6.77. The number of rotatable bonds is 9. The Bertz CT molecular complexity index is 233. The zero-order valence-corrected chi connectivity index (χ0v) is 14.2. The fraction of sp³-hybridized carbons (Fsp3) is 0.933. The zero-order chi connectivity index (χ0) is 14.2. The lowest BCUT2D eigenvalue weighted by molar-refractivity contribution is -0.147. The summed E-state index contributed by atoms with van der Waals surface area (Å²) in [5.74, 6) is -0.115. The smallest absolute Gasteiger partial charge is 0.302 e. The van der Waals surface area contributed by atoms with E-state index < -0.39 is 8.07 Å². The summed E-state index contributed by atoms with van der Waals surface area (Å²) in [7, 11) is -1.28. The van der Waals surface area contributed by atoms with Crippen LogP contribution in [0.25, 0.3) is 0 Å². The van der Waals surface area contributed by atoms with Gasteiger partial charge in [0.15, 0.2) is 0 Å². The molecule has 0 aliphatic carbocycles. The van der Waals surface area contributed by atoms with Crippen LogP contribution in [0.5, 0.6) is 0 Å².